The van der Waals surface area contributed by atoms with E-state index in [-0.39, 0.29) is 23.4 Å². The first kappa shape index (κ1) is 17.6. The number of rotatable bonds is 4. The van der Waals surface area contributed by atoms with Gasteiger partial charge in [0.25, 0.3) is 15.8 Å². The summed E-state index contributed by atoms with van der Waals surface area (Å²) in [6.07, 6.45) is 0.932. The van der Waals surface area contributed by atoms with Crippen LogP contribution < -0.4 is 5.56 Å². The van der Waals surface area contributed by atoms with Gasteiger partial charge in [-0.1, -0.05) is 6.07 Å². The summed E-state index contributed by atoms with van der Waals surface area (Å²) in [5.74, 6) is 0.222. The summed E-state index contributed by atoms with van der Waals surface area (Å²) in [6, 6.07) is 5.35. The van der Waals surface area contributed by atoms with E-state index in [9.17, 15) is 13.2 Å². The zero-order chi connectivity index (χ0) is 17.6. The summed E-state index contributed by atoms with van der Waals surface area (Å²) in [5.41, 5.74) is 0.974. The Bertz CT molecular complexity index is 772. The average molecular weight is 354 g/mol. The normalized spacial score (nSPS) is 27.5. The molecule has 1 aromatic rings. The number of piperidine rings is 1. The highest BCUT2D eigenvalue weighted by atomic mass is 32.2. The van der Waals surface area contributed by atoms with Crippen molar-refractivity contribution in [2.45, 2.75) is 18.4 Å². The van der Waals surface area contributed by atoms with E-state index in [4.69, 9.17) is 0 Å². The van der Waals surface area contributed by atoms with E-state index in [0.29, 0.717) is 13.1 Å². The van der Waals surface area contributed by atoms with Gasteiger partial charge < -0.3 is 9.47 Å². The predicted molar refractivity (Wildman–Crippen MR) is 93.3 cm³/mol. The minimum atomic E-state index is -3.44. The van der Waals surface area contributed by atoms with Gasteiger partial charge >= 0.3 is 0 Å². The number of aromatic nitrogens is 1. The molecule has 24 heavy (non-hydrogen) atoms. The van der Waals surface area contributed by atoms with Gasteiger partial charge in [-0.05, 0) is 32.5 Å². The lowest BCUT2D eigenvalue weighted by Crippen LogP contribution is -2.54. The van der Waals surface area contributed by atoms with E-state index < -0.39 is 10.2 Å². The smallest absolute Gasteiger partial charge is 0.281 e. The molecule has 0 spiro atoms. The molecule has 1 saturated heterocycles. The van der Waals surface area contributed by atoms with Gasteiger partial charge in [-0.3, -0.25) is 4.79 Å². The van der Waals surface area contributed by atoms with Crippen molar-refractivity contribution in [1.82, 2.24) is 18.1 Å². The Kier molecular flexibility index (Phi) is 4.59. The van der Waals surface area contributed by atoms with Crippen molar-refractivity contribution in [3.8, 4) is 0 Å². The van der Waals surface area contributed by atoms with Crippen LogP contribution in [0.4, 0.5) is 0 Å². The maximum absolute atomic E-state index is 12.6. The van der Waals surface area contributed by atoms with Crippen molar-refractivity contribution in [3.63, 3.8) is 0 Å². The maximum atomic E-state index is 12.6. The molecule has 1 fully saturated rings. The third-order valence-corrected chi connectivity index (χ3v) is 6.98. The zero-order valence-corrected chi connectivity index (χ0v) is 15.5. The highest BCUT2D eigenvalue weighted by Gasteiger charge is 2.44. The number of hydrogen-bond acceptors (Lipinski definition) is 4. The van der Waals surface area contributed by atoms with Gasteiger partial charge in [-0.15, -0.1) is 0 Å². The molecule has 0 N–H and O–H groups in total. The molecule has 3 rings (SSSR count). The van der Waals surface area contributed by atoms with E-state index in [1.54, 1.807) is 30.5 Å². The van der Waals surface area contributed by atoms with Crippen LogP contribution in [0.3, 0.4) is 0 Å². The summed E-state index contributed by atoms with van der Waals surface area (Å²) < 4.78 is 29.9. The molecule has 3 atom stereocenters. The number of fused-ring (bicyclic) bond motifs is 4. The quantitative estimate of drug-likeness (QED) is 0.774. The molecule has 3 heterocycles. The van der Waals surface area contributed by atoms with Crippen LogP contribution >= 0.6 is 0 Å². The summed E-state index contributed by atoms with van der Waals surface area (Å²) in [5, 5.41) is 0. The van der Waals surface area contributed by atoms with Crippen molar-refractivity contribution >= 4 is 10.2 Å². The van der Waals surface area contributed by atoms with E-state index in [2.05, 4.69) is 4.90 Å². The van der Waals surface area contributed by atoms with Gasteiger partial charge in [-0.2, -0.15) is 17.0 Å². The Morgan fingerprint density at radius 3 is 2.50 bits per heavy atom. The monoisotopic (exact) mass is 354 g/mol. The molecule has 0 amide bonds. The Morgan fingerprint density at radius 1 is 1.17 bits per heavy atom. The number of likely N-dealkylation sites (N-methyl/N-ethyl adjacent to an activating group) is 1. The maximum Gasteiger partial charge on any atom is 0.281 e. The number of pyridine rings is 1. The van der Waals surface area contributed by atoms with Crippen LogP contribution in [0.25, 0.3) is 0 Å². The van der Waals surface area contributed by atoms with Crippen molar-refractivity contribution in [2.24, 2.45) is 5.92 Å². The van der Waals surface area contributed by atoms with Crippen molar-refractivity contribution in [1.29, 1.82) is 0 Å². The molecule has 2 bridgehead atoms. The van der Waals surface area contributed by atoms with Crippen LogP contribution in [0.15, 0.2) is 23.0 Å². The Hall–Kier alpha value is -1.22. The topological polar surface area (TPSA) is 65.9 Å². The molecule has 0 radical (unpaired) electrons. The van der Waals surface area contributed by atoms with Gasteiger partial charge in [0.05, 0.1) is 6.04 Å². The van der Waals surface area contributed by atoms with Crippen LogP contribution in [0.1, 0.15) is 24.1 Å². The Balaban J connectivity index is 2.05. The minimum absolute atomic E-state index is 0.000104. The Morgan fingerprint density at radius 2 is 1.88 bits per heavy atom. The fraction of sp³-hybridized carbons (Fsp3) is 0.688. The molecule has 7 nitrogen and oxygen atoms in total. The van der Waals surface area contributed by atoms with E-state index in [0.717, 1.165) is 18.7 Å². The van der Waals surface area contributed by atoms with E-state index in [1.807, 2.05) is 24.7 Å². The first-order valence-electron chi connectivity index (χ1n) is 8.25. The highest BCUT2D eigenvalue weighted by Crippen LogP contribution is 2.42. The second kappa shape index (κ2) is 6.25. The molecule has 0 unspecified atom stereocenters. The fourth-order valence-electron chi connectivity index (χ4n) is 4.03. The SMILES string of the molecule is CN(C)C[C@H]1[C@H]2C[C@H](CN(S(=O)(=O)N(C)C)C2)c2cccc(=O)n21. The molecule has 134 valence electrons. The fourth-order valence-corrected chi connectivity index (χ4v) is 5.24. The lowest BCUT2D eigenvalue weighted by molar-refractivity contribution is 0.119. The van der Waals surface area contributed by atoms with Crippen LogP contribution in [-0.2, 0) is 10.2 Å². The molecule has 0 saturated carbocycles. The summed E-state index contributed by atoms with van der Waals surface area (Å²) >= 11 is 0. The summed E-state index contributed by atoms with van der Waals surface area (Å²) in [4.78, 5) is 14.5. The third-order valence-electron chi connectivity index (χ3n) is 5.10. The van der Waals surface area contributed by atoms with Crippen LogP contribution in [-0.4, -0.2) is 74.3 Å². The molecule has 8 heteroatoms. The second-order valence-electron chi connectivity index (χ2n) is 7.29. The van der Waals surface area contributed by atoms with Gasteiger partial charge in [0.15, 0.2) is 0 Å². The van der Waals surface area contributed by atoms with Gasteiger partial charge in [-0.25, -0.2) is 0 Å². The molecular weight excluding hydrogens is 328 g/mol. The standard InChI is InChI=1S/C16H26N4O3S/c1-17(2)11-15-13-8-12(14-6-5-7-16(21)20(14)15)9-19(10-13)24(22,23)18(3)4/h5-7,12-13,15H,8-11H2,1-4H3/t12-,13+,15+/m1/s1. The Labute approximate surface area is 143 Å². The van der Waals surface area contributed by atoms with Crippen LogP contribution in [0.5, 0.6) is 0 Å². The minimum Gasteiger partial charge on any atom is -0.308 e. The van der Waals surface area contributed by atoms with Gasteiger partial charge in [0.1, 0.15) is 0 Å². The largest absolute Gasteiger partial charge is 0.308 e. The van der Waals surface area contributed by atoms with Gasteiger partial charge in [0.2, 0.25) is 0 Å². The first-order valence-corrected chi connectivity index (χ1v) is 9.65. The predicted octanol–water partition coefficient (Wildman–Crippen LogP) is 0.177. The molecule has 1 aromatic heterocycles. The molecule has 2 aliphatic heterocycles. The lowest BCUT2D eigenvalue weighted by Gasteiger charge is -2.47. The zero-order valence-electron chi connectivity index (χ0n) is 14.7. The van der Waals surface area contributed by atoms with E-state index in [1.165, 1.54) is 4.31 Å². The number of hydrogen-bond donors (Lipinski definition) is 0. The average Bonchev–Trinajstić information content (AvgIpc) is 2.51. The first-order chi connectivity index (χ1) is 11.2. The molecule has 0 aromatic carbocycles. The third kappa shape index (κ3) is 2.92. The van der Waals surface area contributed by atoms with Gasteiger partial charge in [0, 0.05) is 51.4 Å². The lowest BCUT2D eigenvalue weighted by atomic mass is 9.79. The number of nitrogens with zero attached hydrogens (tertiary/aromatic N) is 4. The summed E-state index contributed by atoms with van der Waals surface area (Å²) in [6.45, 7) is 1.63. The van der Waals surface area contributed by atoms with Crippen LogP contribution in [0.2, 0.25) is 0 Å². The highest BCUT2D eigenvalue weighted by molar-refractivity contribution is 7.86. The van der Waals surface area contributed by atoms with Crippen molar-refractivity contribution in [2.75, 3.05) is 47.8 Å². The molecule has 0 aliphatic carbocycles. The molecular formula is C16H26N4O3S. The second-order valence-corrected chi connectivity index (χ2v) is 9.43. The van der Waals surface area contributed by atoms with Crippen molar-refractivity contribution < 1.29 is 8.42 Å². The van der Waals surface area contributed by atoms with Crippen molar-refractivity contribution in [3.05, 3.63) is 34.2 Å². The van der Waals surface area contributed by atoms with E-state index >= 15 is 0 Å². The molecule has 2 aliphatic rings. The van der Waals surface area contributed by atoms with Crippen LogP contribution in [0, 0.1) is 5.92 Å². The summed E-state index contributed by atoms with van der Waals surface area (Å²) in [7, 11) is 3.66.